The molecule has 0 spiro atoms. The summed E-state index contributed by atoms with van der Waals surface area (Å²) in [4.78, 5) is 19.8. The summed E-state index contributed by atoms with van der Waals surface area (Å²) in [5.41, 5.74) is 2.17. The molecule has 2 rings (SSSR count). The van der Waals surface area contributed by atoms with Crippen LogP contribution in [-0.4, -0.2) is 23.0 Å². The van der Waals surface area contributed by atoms with E-state index in [-0.39, 0.29) is 11.9 Å². The van der Waals surface area contributed by atoms with Gasteiger partial charge in [0.15, 0.2) is 0 Å². The molecule has 0 aliphatic heterocycles. The quantitative estimate of drug-likeness (QED) is 0.768. The second-order valence-electron chi connectivity index (χ2n) is 4.34. The van der Waals surface area contributed by atoms with Crippen LogP contribution in [0, 0.1) is 5.92 Å². The number of esters is 1. The summed E-state index contributed by atoms with van der Waals surface area (Å²) in [7, 11) is 1.43. The SMILES string of the molecule is COC(=O)C(Cc1ccncc1)Cc1ccncc1. The van der Waals surface area contributed by atoms with E-state index in [9.17, 15) is 4.79 Å². The molecule has 0 amide bonds. The van der Waals surface area contributed by atoms with E-state index in [1.54, 1.807) is 24.8 Å². The van der Waals surface area contributed by atoms with Crippen molar-refractivity contribution in [3.63, 3.8) is 0 Å². The largest absolute Gasteiger partial charge is 0.469 e. The zero-order chi connectivity index (χ0) is 13.5. The Morgan fingerprint density at radius 2 is 1.42 bits per heavy atom. The van der Waals surface area contributed by atoms with Crippen molar-refractivity contribution in [3.05, 3.63) is 60.2 Å². The molecule has 0 saturated heterocycles. The van der Waals surface area contributed by atoms with Crippen molar-refractivity contribution < 1.29 is 9.53 Å². The lowest BCUT2D eigenvalue weighted by Gasteiger charge is -2.14. The monoisotopic (exact) mass is 256 g/mol. The standard InChI is InChI=1S/C15H16N2O2/c1-19-15(18)14(10-12-2-6-16-7-3-12)11-13-4-8-17-9-5-13/h2-9,14H,10-11H2,1H3. The molecule has 4 heteroatoms. The van der Waals surface area contributed by atoms with Gasteiger partial charge in [-0.25, -0.2) is 0 Å². The van der Waals surface area contributed by atoms with E-state index in [1.807, 2.05) is 24.3 Å². The zero-order valence-corrected chi connectivity index (χ0v) is 10.8. The fourth-order valence-corrected chi connectivity index (χ4v) is 2.01. The van der Waals surface area contributed by atoms with Crippen LogP contribution in [0.5, 0.6) is 0 Å². The van der Waals surface area contributed by atoms with Crippen LogP contribution in [-0.2, 0) is 22.4 Å². The topological polar surface area (TPSA) is 52.1 Å². The van der Waals surface area contributed by atoms with Gasteiger partial charge in [-0.2, -0.15) is 0 Å². The summed E-state index contributed by atoms with van der Waals surface area (Å²) in [6.07, 6.45) is 8.23. The predicted octanol–water partition coefficient (Wildman–Crippen LogP) is 2.05. The number of methoxy groups -OCH3 is 1. The van der Waals surface area contributed by atoms with Crippen LogP contribution < -0.4 is 0 Å². The third kappa shape index (κ3) is 3.88. The van der Waals surface area contributed by atoms with Gasteiger partial charge >= 0.3 is 5.97 Å². The summed E-state index contributed by atoms with van der Waals surface area (Å²) < 4.78 is 4.89. The summed E-state index contributed by atoms with van der Waals surface area (Å²) in [5.74, 6) is -0.372. The van der Waals surface area contributed by atoms with Gasteiger partial charge in [0, 0.05) is 24.8 Å². The lowest BCUT2D eigenvalue weighted by molar-refractivity contribution is -0.145. The highest BCUT2D eigenvalue weighted by Gasteiger charge is 2.20. The van der Waals surface area contributed by atoms with Crippen molar-refractivity contribution in [1.82, 2.24) is 9.97 Å². The van der Waals surface area contributed by atoms with Crippen molar-refractivity contribution in [2.24, 2.45) is 5.92 Å². The maximum atomic E-state index is 11.9. The van der Waals surface area contributed by atoms with Crippen molar-refractivity contribution in [3.8, 4) is 0 Å². The van der Waals surface area contributed by atoms with Crippen LogP contribution >= 0.6 is 0 Å². The maximum absolute atomic E-state index is 11.9. The lowest BCUT2D eigenvalue weighted by Crippen LogP contribution is -2.21. The third-order valence-corrected chi connectivity index (χ3v) is 3.00. The minimum absolute atomic E-state index is 0.185. The average Bonchev–Trinajstić information content (AvgIpc) is 2.48. The molecule has 0 saturated carbocycles. The second kappa shape index (κ2) is 6.64. The van der Waals surface area contributed by atoms with Crippen LogP contribution in [0.4, 0.5) is 0 Å². The van der Waals surface area contributed by atoms with Crippen molar-refractivity contribution >= 4 is 5.97 Å². The molecule has 0 N–H and O–H groups in total. The molecule has 0 aliphatic rings. The number of pyridine rings is 2. The first-order valence-corrected chi connectivity index (χ1v) is 6.15. The Kier molecular flexibility index (Phi) is 4.61. The van der Waals surface area contributed by atoms with Crippen LogP contribution in [0.25, 0.3) is 0 Å². The summed E-state index contributed by atoms with van der Waals surface area (Å²) in [6.45, 7) is 0. The highest BCUT2D eigenvalue weighted by atomic mass is 16.5. The molecule has 0 unspecified atom stereocenters. The number of carbonyl (C=O) groups excluding carboxylic acids is 1. The molecule has 98 valence electrons. The molecule has 0 aromatic carbocycles. The van der Waals surface area contributed by atoms with E-state index < -0.39 is 0 Å². The van der Waals surface area contributed by atoms with Gasteiger partial charge in [-0.15, -0.1) is 0 Å². The van der Waals surface area contributed by atoms with E-state index in [2.05, 4.69) is 9.97 Å². The minimum atomic E-state index is -0.186. The van der Waals surface area contributed by atoms with Gasteiger partial charge in [0.25, 0.3) is 0 Å². The smallest absolute Gasteiger partial charge is 0.309 e. The summed E-state index contributed by atoms with van der Waals surface area (Å²) in [6, 6.07) is 7.68. The van der Waals surface area contributed by atoms with Gasteiger partial charge in [-0.05, 0) is 48.2 Å². The van der Waals surface area contributed by atoms with Gasteiger partial charge in [0.1, 0.15) is 0 Å². The Morgan fingerprint density at radius 3 is 1.79 bits per heavy atom. The second-order valence-corrected chi connectivity index (χ2v) is 4.34. The van der Waals surface area contributed by atoms with Crippen molar-refractivity contribution in [1.29, 1.82) is 0 Å². The third-order valence-electron chi connectivity index (χ3n) is 3.00. The molecule has 2 aromatic heterocycles. The molecule has 19 heavy (non-hydrogen) atoms. The fraction of sp³-hybridized carbons (Fsp3) is 0.267. The molecule has 2 aromatic rings. The van der Waals surface area contributed by atoms with E-state index in [0.29, 0.717) is 12.8 Å². The zero-order valence-electron chi connectivity index (χ0n) is 10.8. The number of hydrogen-bond acceptors (Lipinski definition) is 4. The Balaban J connectivity index is 2.10. The molecule has 2 heterocycles. The van der Waals surface area contributed by atoms with Crippen molar-refractivity contribution in [2.75, 3.05) is 7.11 Å². The van der Waals surface area contributed by atoms with Crippen LogP contribution in [0.3, 0.4) is 0 Å². The number of hydrogen-bond donors (Lipinski definition) is 0. The van der Waals surface area contributed by atoms with Gasteiger partial charge < -0.3 is 4.74 Å². The minimum Gasteiger partial charge on any atom is -0.469 e. The highest BCUT2D eigenvalue weighted by Crippen LogP contribution is 2.15. The Morgan fingerprint density at radius 1 is 1.00 bits per heavy atom. The highest BCUT2D eigenvalue weighted by molar-refractivity contribution is 5.73. The number of rotatable bonds is 5. The molecule has 0 fully saturated rings. The van der Waals surface area contributed by atoms with Gasteiger partial charge in [0.2, 0.25) is 0 Å². The first-order valence-electron chi connectivity index (χ1n) is 6.15. The van der Waals surface area contributed by atoms with E-state index in [1.165, 1.54) is 7.11 Å². The Bertz CT molecular complexity index is 473. The normalized spacial score (nSPS) is 10.4. The van der Waals surface area contributed by atoms with E-state index in [0.717, 1.165) is 11.1 Å². The molecule has 0 bridgehead atoms. The molecule has 0 atom stereocenters. The summed E-state index contributed by atoms with van der Waals surface area (Å²) in [5, 5.41) is 0. The number of ether oxygens (including phenoxy) is 1. The molecular weight excluding hydrogens is 240 g/mol. The summed E-state index contributed by atoms with van der Waals surface area (Å²) >= 11 is 0. The van der Waals surface area contributed by atoms with Crippen LogP contribution in [0.15, 0.2) is 49.1 Å². The average molecular weight is 256 g/mol. The Hall–Kier alpha value is -2.23. The number of nitrogens with zero attached hydrogens (tertiary/aromatic N) is 2. The molecule has 0 radical (unpaired) electrons. The van der Waals surface area contributed by atoms with E-state index in [4.69, 9.17) is 4.74 Å². The first-order chi connectivity index (χ1) is 9.29. The maximum Gasteiger partial charge on any atom is 0.309 e. The lowest BCUT2D eigenvalue weighted by atomic mass is 9.93. The van der Waals surface area contributed by atoms with E-state index >= 15 is 0 Å². The Labute approximate surface area is 112 Å². The van der Waals surface area contributed by atoms with Crippen molar-refractivity contribution in [2.45, 2.75) is 12.8 Å². The fourth-order valence-electron chi connectivity index (χ4n) is 2.01. The molecule has 4 nitrogen and oxygen atoms in total. The molecular formula is C15H16N2O2. The van der Waals surface area contributed by atoms with Crippen LogP contribution in [0.2, 0.25) is 0 Å². The number of aromatic nitrogens is 2. The number of carbonyl (C=O) groups is 1. The van der Waals surface area contributed by atoms with Gasteiger partial charge in [-0.1, -0.05) is 0 Å². The predicted molar refractivity (Wildman–Crippen MR) is 71.4 cm³/mol. The van der Waals surface area contributed by atoms with Gasteiger partial charge in [0.05, 0.1) is 13.0 Å². The first kappa shape index (κ1) is 13.2. The van der Waals surface area contributed by atoms with Crippen LogP contribution in [0.1, 0.15) is 11.1 Å². The molecule has 0 aliphatic carbocycles. The van der Waals surface area contributed by atoms with Gasteiger partial charge in [-0.3, -0.25) is 14.8 Å².